The number of carboxylic acids is 1. The SMILES string of the molecule is Cc1ccc(C(=O)O)cc1N1CC(CNCc2cccc3ccccc23)Oc2ccccc21. The molecule has 4 aromatic rings. The zero-order valence-corrected chi connectivity index (χ0v) is 18.5. The van der Waals surface area contributed by atoms with Crippen LogP contribution < -0.4 is 15.0 Å². The van der Waals surface area contributed by atoms with Gasteiger partial charge in [-0.3, -0.25) is 0 Å². The number of nitrogens with zero attached hydrogens (tertiary/aromatic N) is 1. The van der Waals surface area contributed by atoms with Crippen molar-refractivity contribution in [3.8, 4) is 5.75 Å². The van der Waals surface area contributed by atoms with Crippen LogP contribution >= 0.6 is 0 Å². The van der Waals surface area contributed by atoms with Gasteiger partial charge in [-0.2, -0.15) is 0 Å². The number of carboxylic acid groups (broad SMARTS) is 1. The van der Waals surface area contributed by atoms with Gasteiger partial charge in [-0.05, 0) is 53.1 Å². The van der Waals surface area contributed by atoms with Gasteiger partial charge in [0.15, 0.2) is 0 Å². The molecule has 1 unspecified atom stereocenters. The van der Waals surface area contributed by atoms with Gasteiger partial charge in [0.25, 0.3) is 0 Å². The molecule has 0 radical (unpaired) electrons. The largest absolute Gasteiger partial charge is 0.485 e. The number of hydrogen-bond acceptors (Lipinski definition) is 4. The average molecular weight is 439 g/mol. The maximum Gasteiger partial charge on any atom is 0.335 e. The molecule has 0 amide bonds. The molecule has 0 fully saturated rings. The molecule has 0 saturated heterocycles. The molecule has 1 atom stereocenters. The Balaban J connectivity index is 1.37. The third kappa shape index (κ3) is 4.28. The van der Waals surface area contributed by atoms with Crippen molar-refractivity contribution < 1.29 is 14.6 Å². The van der Waals surface area contributed by atoms with Crippen molar-refractivity contribution in [2.75, 3.05) is 18.0 Å². The van der Waals surface area contributed by atoms with Crippen LogP contribution in [0.4, 0.5) is 11.4 Å². The highest BCUT2D eigenvalue weighted by atomic mass is 16.5. The Hall–Kier alpha value is -3.83. The monoisotopic (exact) mass is 438 g/mol. The molecule has 5 rings (SSSR count). The van der Waals surface area contributed by atoms with Gasteiger partial charge in [-0.25, -0.2) is 4.79 Å². The summed E-state index contributed by atoms with van der Waals surface area (Å²) in [6.45, 7) is 4.05. The minimum Gasteiger partial charge on any atom is -0.485 e. The Labute approximate surface area is 193 Å². The molecule has 2 N–H and O–H groups in total. The highest BCUT2D eigenvalue weighted by Gasteiger charge is 2.27. The van der Waals surface area contributed by atoms with E-state index in [0.717, 1.165) is 29.2 Å². The predicted octanol–water partition coefficient (Wildman–Crippen LogP) is 5.54. The van der Waals surface area contributed by atoms with Crippen LogP contribution in [0.2, 0.25) is 0 Å². The van der Waals surface area contributed by atoms with E-state index < -0.39 is 5.97 Å². The fourth-order valence-corrected chi connectivity index (χ4v) is 4.48. The summed E-state index contributed by atoms with van der Waals surface area (Å²) < 4.78 is 6.31. The number of carbonyl (C=O) groups is 1. The number of aromatic carboxylic acids is 1. The van der Waals surface area contributed by atoms with Crippen LogP contribution in [-0.4, -0.2) is 30.3 Å². The Kier molecular flexibility index (Phi) is 5.71. The summed E-state index contributed by atoms with van der Waals surface area (Å²) in [7, 11) is 0. The van der Waals surface area contributed by atoms with Gasteiger partial charge in [0, 0.05) is 18.8 Å². The van der Waals surface area contributed by atoms with Gasteiger partial charge in [0.2, 0.25) is 0 Å². The van der Waals surface area contributed by atoms with E-state index in [9.17, 15) is 9.90 Å². The first-order valence-electron chi connectivity index (χ1n) is 11.1. The number of benzene rings is 4. The molecule has 33 heavy (non-hydrogen) atoms. The van der Waals surface area contributed by atoms with E-state index in [-0.39, 0.29) is 11.7 Å². The molecule has 0 saturated carbocycles. The van der Waals surface area contributed by atoms with E-state index in [0.29, 0.717) is 13.1 Å². The number of nitrogens with one attached hydrogen (secondary N) is 1. The van der Waals surface area contributed by atoms with Gasteiger partial charge in [-0.1, -0.05) is 60.7 Å². The predicted molar refractivity (Wildman–Crippen MR) is 132 cm³/mol. The number of ether oxygens (including phenoxy) is 1. The van der Waals surface area contributed by atoms with Crippen molar-refractivity contribution in [1.29, 1.82) is 0 Å². The maximum absolute atomic E-state index is 11.6. The number of para-hydroxylation sites is 2. The second kappa shape index (κ2) is 8.96. The van der Waals surface area contributed by atoms with Gasteiger partial charge in [0.1, 0.15) is 11.9 Å². The summed E-state index contributed by atoms with van der Waals surface area (Å²) in [5, 5.41) is 15.5. The molecule has 0 bridgehead atoms. The van der Waals surface area contributed by atoms with Gasteiger partial charge < -0.3 is 20.1 Å². The highest BCUT2D eigenvalue weighted by Crippen LogP contribution is 2.39. The summed E-state index contributed by atoms with van der Waals surface area (Å²) in [5.74, 6) is -0.119. The molecule has 5 nitrogen and oxygen atoms in total. The summed E-state index contributed by atoms with van der Waals surface area (Å²) in [6, 6.07) is 28.0. The lowest BCUT2D eigenvalue weighted by Gasteiger charge is -2.37. The summed E-state index contributed by atoms with van der Waals surface area (Å²) in [6.07, 6.45) is -0.0808. The fourth-order valence-electron chi connectivity index (χ4n) is 4.48. The first-order valence-corrected chi connectivity index (χ1v) is 11.1. The molecular formula is C28H26N2O3. The Morgan fingerprint density at radius 1 is 1.00 bits per heavy atom. The van der Waals surface area contributed by atoms with Crippen molar-refractivity contribution in [3.05, 3.63) is 102 Å². The number of aryl methyl sites for hydroxylation is 1. The van der Waals surface area contributed by atoms with Crippen LogP contribution in [0.3, 0.4) is 0 Å². The number of rotatable bonds is 6. The molecule has 1 aliphatic rings. The third-order valence-corrected chi connectivity index (χ3v) is 6.15. The van der Waals surface area contributed by atoms with E-state index in [1.807, 2.05) is 37.3 Å². The van der Waals surface area contributed by atoms with Crippen molar-refractivity contribution >= 4 is 28.1 Å². The van der Waals surface area contributed by atoms with Crippen LogP contribution in [0.1, 0.15) is 21.5 Å². The molecule has 0 aromatic heterocycles. The molecule has 166 valence electrons. The number of anilines is 2. The van der Waals surface area contributed by atoms with Crippen LogP contribution in [0.15, 0.2) is 84.9 Å². The molecule has 1 heterocycles. The van der Waals surface area contributed by atoms with Gasteiger partial charge >= 0.3 is 5.97 Å². The standard InChI is InChI=1S/C28H26N2O3/c1-19-13-14-21(28(31)32)15-26(19)30-18-23(33-27-12-5-4-11-25(27)30)17-29-16-22-9-6-8-20-7-2-3-10-24(20)22/h2-15,23,29H,16-18H2,1H3,(H,31,32). The molecular weight excluding hydrogens is 412 g/mol. The van der Waals surface area contributed by atoms with Crippen LogP contribution in [0.5, 0.6) is 5.75 Å². The van der Waals surface area contributed by atoms with E-state index in [2.05, 4.69) is 52.7 Å². The Morgan fingerprint density at radius 3 is 2.67 bits per heavy atom. The first kappa shape index (κ1) is 21.0. The topological polar surface area (TPSA) is 61.8 Å². The normalized spacial score (nSPS) is 15.2. The van der Waals surface area contributed by atoms with E-state index in [1.54, 1.807) is 12.1 Å². The fraction of sp³-hybridized carbons (Fsp3) is 0.179. The minimum absolute atomic E-state index is 0.0808. The summed E-state index contributed by atoms with van der Waals surface area (Å²) in [5.41, 5.74) is 4.41. The van der Waals surface area contributed by atoms with E-state index in [4.69, 9.17) is 4.74 Å². The highest BCUT2D eigenvalue weighted by molar-refractivity contribution is 5.90. The lowest BCUT2D eigenvalue weighted by Crippen LogP contribution is -2.43. The van der Waals surface area contributed by atoms with Crippen LogP contribution in [-0.2, 0) is 6.54 Å². The second-order valence-corrected chi connectivity index (χ2v) is 8.39. The molecule has 4 aromatic carbocycles. The first-order chi connectivity index (χ1) is 16.1. The zero-order chi connectivity index (χ0) is 22.8. The lowest BCUT2D eigenvalue weighted by atomic mass is 10.0. The van der Waals surface area contributed by atoms with E-state index in [1.165, 1.54) is 16.3 Å². The van der Waals surface area contributed by atoms with Crippen LogP contribution in [0, 0.1) is 6.92 Å². The van der Waals surface area contributed by atoms with Crippen molar-refractivity contribution in [1.82, 2.24) is 5.32 Å². The number of hydrogen-bond donors (Lipinski definition) is 2. The van der Waals surface area contributed by atoms with E-state index >= 15 is 0 Å². The quantitative estimate of drug-likeness (QED) is 0.414. The molecule has 0 spiro atoms. The Bertz CT molecular complexity index is 1310. The van der Waals surface area contributed by atoms with Crippen molar-refractivity contribution in [2.24, 2.45) is 0 Å². The Morgan fingerprint density at radius 2 is 1.79 bits per heavy atom. The zero-order valence-electron chi connectivity index (χ0n) is 18.5. The lowest BCUT2D eigenvalue weighted by molar-refractivity contribution is 0.0697. The van der Waals surface area contributed by atoms with Gasteiger partial charge in [0.05, 0.1) is 17.8 Å². The summed E-state index contributed by atoms with van der Waals surface area (Å²) in [4.78, 5) is 13.7. The van der Waals surface area contributed by atoms with Crippen molar-refractivity contribution in [2.45, 2.75) is 19.6 Å². The molecule has 5 heteroatoms. The molecule has 0 aliphatic carbocycles. The van der Waals surface area contributed by atoms with Crippen molar-refractivity contribution in [3.63, 3.8) is 0 Å². The van der Waals surface area contributed by atoms with Crippen LogP contribution in [0.25, 0.3) is 10.8 Å². The number of fused-ring (bicyclic) bond motifs is 2. The smallest absolute Gasteiger partial charge is 0.335 e. The second-order valence-electron chi connectivity index (χ2n) is 8.39. The maximum atomic E-state index is 11.6. The average Bonchev–Trinajstić information content (AvgIpc) is 2.84. The molecule has 1 aliphatic heterocycles. The minimum atomic E-state index is -0.925. The van der Waals surface area contributed by atoms with Gasteiger partial charge in [-0.15, -0.1) is 0 Å². The summed E-state index contributed by atoms with van der Waals surface area (Å²) >= 11 is 0. The third-order valence-electron chi connectivity index (χ3n) is 6.15.